The summed E-state index contributed by atoms with van der Waals surface area (Å²) >= 11 is 0. The third kappa shape index (κ3) is 0.654. The van der Waals surface area contributed by atoms with Gasteiger partial charge in [0.15, 0.2) is 0 Å². The molecule has 1 aliphatic carbocycles. The third-order valence-corrected chi connectivity index (χ3v) is 4.83. The molecule has 2 heterocycles. The highest BCUT2D eigenvalue weighted by Gasteiger charge is 2.58. The third-order valence-electron chi connectivity index (χ3n) is 4.83. The second-order valence-electron chi connectivity index (χ2n) is 5.36. The zero-order valence-electron chi connectivity index (χ0n) is 8.21. The van der Waals surface area contributed by atoms with Crippen molar-refractivity contribution < 1.29 is 0 Å². The second-order valence-corrected chi connectivity index (χ2v) is 5.36. The largest absolute Gasteiger partial charge is 0.295 e. The maximum Gasteiger partial charge on any atom is 0.0216 e. The predicted octanol–water partition coefficient (Wildman–Crippen LogP) is 2.27. The molecule has 0 amide bonds. The van der Waals surface area contributed by atoms with Gasteiger partial charge < -0.3 is 0 Å². The van der Waals surface area contributed by atoms with Crippen LogP contribution in [-0.2, 0) is 0 Å². The van der Waals surface area contributed by atoms with Gasteiger partial charge >= 0.3 is 0 Å². The summed E-state index contributed by atoms with van der Waals surface area (Å²) in [7, 11) is 0. The minimum absolute atomic E-state index is 0.627. The van der Waals surface area contributed by atoms with Crippen LogP contribution < -0.4 is 0 Å². The first-order valence-corrected chi connectivity index (χ1v) is 5.48. The van der Waals surface area contributed by atoms with Crippen LogP contribution in [0, 0.1) is 11.8 Å². The van der Waals surface area contributed by atoms with Gasteiger partial charge in [-0.1, -0.05) is 6.92 Å². The standard InChI is InChI=1S/C11H19N/c1-8-6-9-7-10(8)11(2)4-3-5-12(9)11/h8-10H,3-7H2,1-2H3. The lowest BCUT2D eigenvalue weighted by Gasteiger charge is -2.42. The number of hydrogen-bond acceptors (Lipinski definition) is 1. The zero-order valence-corrected chi connectivity index (χ0v) is 8.21. The van der Waals surface area contributed by atoms with E-state index < -0.39 is 0 Å². The van der Waals surface area contributed by atoms with Crippen molar-refractivity contribution in [1.82, 2.24) is 4.90 Å². The summed E-state index contributed by atoms with van der Waals surface area (Å²) in [5, 5.41) is 0. The molecule has 4 atom stereocenters. The van der Waals surface area contributed by atoms with Gasteiger partial charge in [0.25, 0.3) is 0 Å². The summed E-state index contributed by atoms with van der Waals surface area (Å²) in [6.07, 6.45) is 5.92. The minimum Gasteiger partial charge on any atom is -0.295 e. The molecule has 2 aliphatic heterocycles. The van der Waals surface area contributed by atoms with E-state index >= 15 is 0 Å². The van der Waals surface area contributed by atoms with Gasteiger partial charge in [-0.25, -0.2) is 0 Å². The van der Waals surface area contributed by atoms with Crippen LogP contribution in [0.1, 0.15) is 39.5 Å². The maximum absolute atomic E-state index is 2.82. The summed E-state index contributed by atoms with van der Waals surface area (Å²) in [5.74, 6) is 2.04. The molecule has 2 saturated heterocycles. The van der Waals surface area contributed by atoms with Crippen LogP contribution in [0.25, 0.3) is 0 Å². The van der Waals surface area contributed by atoms with Crippen LogP contribution in [0.3, 0.4) is 0 Å². The smallest absolute Gasteiger partial charge is 0.0216 e. The molecule has 12 heavy (non-hydrogen) atoms. The van der Waals surface area contributed by atoms with E-state index in [1.807, 2.05) is 0 Å². The molecule has 3 rings (SSSR count). The molecule has 0 spiro atoms. The van der Waals surface area contributed by atoms with Crippen molar-refractivity contribution in [2.45, 2.75) is 51.1 Å². The molecule has 3 fully saturated rings. The fourth-order valence-electron chi connectivity index (χ4n) is 4.34. The molecule has 1 nitrogen and oxygen atoms in total. The van der Waals surface area contributed by atoms with Crippen molar-refractivity contribution in [3.05, 3.63) is 0 Å². The highest BCUT2D eigenvalue weighted by molar-refractivity contribution is 5.12. The normalized spacial score (nSPS) is 58.0. The van der Waals surface area contributed by atoms with E-state index in [-0.39, 0.29) is 0 Å². The topological polar surface area (TPSA) is 3.24 Å². The van der Waals surface area contributed by atoms with Crippen molar-refractivity contribution in [2.75, 3.05) is 6.54 Å². The Morgan fingerprint density at radius 2 is 2.17 bits per heavy atom. The van der Waals surface area contributed by atoms with E-state index in [2.05, 4.69) is 18.7 Å². The summed E-state index contributed by atoms with van der Waals surface area (Å²) in [4.78, 5) is 2.82. The molecular weight excluding hydrogens is 146 g/mol. The minimum atomic E-state index is 0.627. The monoisotopic (exact) mass is 165 g/mol. The highest BCUT2D eigenvalue weighted by atomic mass is 15.3. The number of hydrogen-bond donors (Lipinski definition) is 0. The van der Waals surface area contributed by atoms with Gasteiger partial charge in [-0.05, 0) is 51.0 Å². The van der Waals surface area contributed by atoms with E-state index in [4.69, 9.17) is 0 Å². The van der Waals surface area contributed by atoms with Gasteiger partial charge in [-0.15, -0.1) is 0 Å². The Labute approximate surface area is 75.1 Å². The molecular formula is C11H19N. The Morgan fingerprint density at radius 3 is 3.00 bits per heavy atom. The van der Waals surface area contributed by atoms with Gasteiger partial charge in [-0.3, -0.25) is 4.90 Å². The Bertz CT molecular complexity index is 213. The molecule has 1 saturated carbocycles. The fraction of sp³-hybridized carbons (Fsp3) is 1.00. The van der Waals surface area contributed by atoms with Gasteiger partial charge in [0, 0.05) is 11.6 Å². The summed E-state index contributed by atoms with van der Waals surface area (Å²) in [6.45, 7) is 6.37. The number of fused-ring (bicyclic) bond motifs is 5. The molecule has 0 N–H and O–H groups in total. The van der Waals surface area contributed by atoms with Gasteiger partial charge in [0.05, 0.1) is 0 Å². The quantitative estimate of drug-likeness (QED) is 0.532. The van der Waals surface area contributed by atoms with Gasteiger partial charge in [0.1, 0.15) is 0 Å². The van der Waals surface area contributed by atoms with E-state index in [0.29, 0.717) is 5.54 Å². The molecule has 68 valence electrons. The van der Waals surface area contributed by atoms with E-state index in [9.17, 15) is 0 Å². The molecule has 0 aromatic rings. The molecule has 0 aromatic heterocycles. The summed E-state index contributed by atoms with van der Waals surface area (Å²) in [6, 6.07) is 0.970. The molecule has 0 radical (unpaired) electrons. The first-order chi connectivity index (χ1) is 5.72. The zero-order chi connectivity index (χ0) is 8.34. The number of nitrogens with zero attached hydrogens (tertiary/aromatic N) is 1. The molecule has 0 aromatic carbocycles. The first-order valence-electron chi connectivity index (χ1n) is 5.48. The molecule has 2 bridgehead atoms. The molecule has 4 unspecified atom stereocenters. The lowest BCUT2D eigenvalue weighted by Crippen LogP contribution is -2.48. The van der Waals surface area contributed by atoms with E-state index in [1.54, 1.807) is 0 Å². The first kappa shape index (κ1) is 7.37. The summed E-state index contributed by atoms with van der Waals surface area (Å²) in [5.41, 5.74) is 0.627. The van der Waals surface area contributed by atoms with Crippen LogP contribution in [0.5, 0.6) is 0 Å². The van der Waals surface area contributed by atoms with Crippen molar-refractivity contribution in [3.63, 3.8) is 0 Å². The van der Waals surface area contributed by atoms with E-state index in [1.165, 1.54) is 32.2 Å². The van der Waals surface area contributed by atoms with Crippen molar-refractivity contribution in [1.29, 1.82) is 0 Å². The maximum atomic E-state index is 2.82. The molecule has 1 heteroatoms. The lowest BCUT2D eigenvalue weighted by atomic mass is 9.78. The predicted molar refractivity (Wildman–Crippen MR) is 50.0 cm³/mol. The van der Waals surface area contributed by atoms with E-state index in [0.717, 1.165) is 17.9 Å². The van der Waals surface area contributed by atoms with Crippen molar-refractivity contribution in [3.8, 4) is 0 Å². The second kappa shape index (κ2) is 2.06. The van der Waals surface area contributed by atoms with Crippen molar-refractivity contribution in [2.24, 2.45) is 11.8 Å². The van der Waals surface area contributed by atoms with Crippen LogP contribution >= 0.6 is 0 Å². The van der Waals surface area contributed by atoms with Gasteiger partial charge in [-0.2, -0.15) is 0 Å². The van der Waals surface area contributed by atoms with Crippen LogP contribution in [0.2, 0.25) is 0 Å². The lowest BCUT2D eigenvalue weighted by molar-refractivity contribution is 0.0686. The average molecular weight is 165 g/mol. The van der Waals surface area contributed by atoms with Crippen LogP contribution in [-0.4, -0.2) is 23.0 Å². The Morgan fingerprint density at radius 1 is 1.33 bits per heavy atom. The van der Waals surface area contributed by atoms with Gasteiger partial charge in [0.2, 0.25) is 0 Å². The molecule has 3 aliphatic rings. The Kier molecular flexibility index (Phi) is 1.27. The number of rotatable bonds is 0. The SMILES string of the molecule is CC1CC2CC1C1(C)CCCN21. The van der Waals surface area contributed by atoms with Crippen LogP contribution in [0.4, 0.5) is 0 Å². The Balaban J connectivity index is 1.98. The van der Waals surface area contributed by atoms with Crippen molar-refractivity contribution >= 4 is 0 Å². The average Bonchev–Trinajstić information content (AvgIpc) is 2.57. The Hall–Kier alpha value is -0.0400. The summed E-state index contributed by atoms with van der Waals surface area (Å²) < 4.78 is 0. The highest BCUT2D eigenvalue weighted by Crippen LogP contribution is 2.56. The van der Waals surface area contributed by atoms with Crippen LogP contribution in [0.15, 0.2) is 0 Å². The fourth-order valence-corrected chi connectivity index (χ4v) is 4.34. The number of piperidine rings is 1.